The highest BCUT2D eigenvalue weighted by molar-refractivity contribution is 6.01. The fourth-order valence-corrected chi connectivity index (χ4v) is 1.76. The van der Waals surface area contributed by atoms with E-state index in [4.69, 9.17) is 9.84 Å². The zero-order chi connectivity index (χ0) is 15.1. The third kappa shape index (κ3) is 4.47. The Morgan fingerprint density at radius 3 is 2.38 bits per heavy atom. The van der Waals surface area contributed by atoms with Crippen LogP contribution < -0.4 is 10.1 Å². The van der Waals surface area contributed by atoms with Gasteiger partial charge in [-0.25, -0.2) is 0 Å². The summed E-state index contributed by atoms with van der Waals surface area (Å²) in [5, 5.41) is 11.7. The number of amides is 1. The van der Waals surface area contributed by atoms with Gasteiger partial charge >= 0.3 is 0 Å². The van der Waals surface area contributed by atoms with Crippen molar-refractivity contribution >= 4 is 17.7 Å². The van der Waals surface area contributed by atoms with Gasteiger partial charge in [0.15, 0.2) is 0 Å². The van der Waals surface area contributed by atoms with Crippen LogP contribution in [0.3, 0.4) is 0 Å². The summed E-state index contributed by atoms with van der Waals surface area (Å²) in [5.74, 6) is 0.541. The van der Waals surface area contributed by atoms with Gasteiger partial charge in [0, 0.05) is 11.8 Å². The monoisotopic (exact) mass is 283 g/mol. The van der Waals surface area contributed by atoms with E-state index in [1.807, 2.05) is 24.3 Å². The first-order chi connectivity index (χ1) is 10.2. The van der Waals surface area contributed by atoms with Crippen LogP contribution in [0.5, 0.6) is 5.75 Å². The molecule has 0 aliphatic carbocycles. The molecular formula is C17H17NO3. The molecule has 108 valence electrons. The summed E-state index contributed by atoms with van der Waals surface area (Å²) in [6.45, 7) is 0.0158. The standard InChI is InChI=1S/C17H17NO3/c1-21-16-9-7-15(8-10-16)18-17(20)11-6-13-2-4-14(12-19)5-3-13/h2-11,19H,12H2,1H3,(H,18,20)/b11-6+. The quantitative estimate of drug-likeness (QED) is 0.830. The minimum Gasteiger partial charge on any atom is -0.497 e. The van der Waals surface area contributed by atoms with Crippen LogP contribution in [-0.4, -0.2) is 18.1 Å². The van der Waals surface area contributed by atoms with Crippen LogP contribution in [0.2, 0.25) is 0 Å². The zero-order valence-electron chi connectivity index (χ0n) is 11.7. The minimum absolute atomic E-state index is 0.0158. The first-order valence-electron chi connectivity index (χ1n) is 6.54. The first kappa shape index (κ1) is 14.8. The van der Waals surface area contributed by atoms with E-state index in [0.717, 1.165) is 16.9 Å². The molecule has 4 nitrogen and oxygen atoms in total. The van der Waals surface area contributed by atoms with Crippen molar-refractivity contribution in [2.45, 2.75) is 6.61 Å². The number of methoxy groups -OCH3 is 1. The van der Waals surface area contributed by atoms with Crippen molar-refractivity contribution in [2.24, 2.45) is 0 Å². The molecule has 0 saturated carbocycles. The number of aliphatic hydroxyl groups is 1. The molecule has 2 aromatic carbocycles. The second-order valence-electron chi connectivity index (χ2n) is 4.45. The summed E-state index contributed by atoms with van der Waals surface area (Å²) < 4.78 is 5.05. The Labute approximate surface area is 123 Å². The van der Waals surface area contributed by atoms with Gasteiger partial charge in [-0.1, -0.05) is 24.3 Å². The van der Waals surface area contributed by atoms with Gasteiger partial charge in [-0.2, -0.15) is 0 Å². The maximum absolute atomic E-state index is 11.8. The molecule has 0 saturated heterocycles. The number of aliphatic hydroxyl groups excluding tert-OH is 1. The molecule has 0 unspecified atom stereocenters. The Balaban J connectivity index is 1.94. The Morgan fingerprint density at radius 2 is 1.81 bits per heavy atom. The highest BCUT2D eigenvalue weighted by Crippen LogP contribution is 2.15. The van der Waals surface area contributed by atoms with Gasteiger partial charge in [0.1, 0.15) is 5.75 Å². The lowest BCUT2D eigenvalue weighted by Crippen LogP contribution is -2.07. The van der Waals surface area contributed by atoms with Gasteiger partial charge in [0.25, 0.3) is 0 Å². The van der Waals surface area contributed by atoms with E-state index in [1.54, 1.807) is 37.5 Å². The number of carbonyl (C=O) groups excluding carboxylic acids is 1. The zero-order valence-corrected chi connectivity index (χ0v) is 11.7. The molecule has 0 heterocycles. The fourth-order valence-electron chi connectivity index (χ4n) is 1.76. The van der Waals surface area contributed by atoms with E-state index in [-0.39, 0.29) is 12.5 Å². The second-order valence-corrected chi connectivity index (χ2v) is 4.45. The van der Waals surface area contributed by atoms with Crippen molar-refractivity contribution in [3.63, 3.8) is 0 Å². The molecule has 0 aliphatic rings. The van der Waals surface area contributed by atoms with E-state index in [9.17, 15) is 4.79 Å². The Hall–Kier alpha value is -2.59. The summed E-state index contributed by atoms with van der Waals surface area (Å²) in [6, 6.07) is 14.5. The van der Waals surface area contributed by atoms with Crippen molar-refractivity contribution < 1.29 is 14.6 Å². The number of benzene rings is 2. The number of hydrogen-bond acceptors (Lipinski definition) is 3. The lowest BCUT2D eigenvalue weighted by Gasteiger charge is -2.03. The number of carbonyl (C=O) groups is 1. The summed E-state index contributed by atoms with van der Waals surface area (Å²) in [7, 11) is 1.60. The maximum Gasteiger partial charge on any atom is 0.248 e. The molecule has 1 amide bonds. The van der Waals surface area contributed by atoms with E-state index < -0.39 is 0 Å². The Bertz CT molecular complexity index is 615. The minimum atomic E-state index is -0.202. The molecule has 0 radical (unpaired) electrons. The molecule has 0 aromatic heterocycles. The Kier molecular flexibility index (Phi) is 5.12. The highest BCUT2D eigenvalue weighted by Gasteiger charge is 1.98. The fraction of sp³-hybridized carbons (Fsp3) is 0.118. The molecular weight excluding hydrogens is 266 g/mol. The molecule has 0 bridgehead atoms. The first-order valence-corrected chi connectivity index (χ1v) is 6.54. The summed E-state index contributed by atoms with van der Waals surface area (Å²) >= 11 is 0. The largest absolute Gasteiger partial charge is 0.497 e. The molecule has 0 atom stereocenters. The van der Waals surface area contributed by atoms with E-state index in [0.29, 0.717) is 5.69 Å². The molecule has 2 aromatic rings. The lowest BCUT2D eigenvalue weighted by molar-refractivity contribution is -0.111. The van der Waals surface area contributed by atoms with Crippen LogP contribution >= 0.6 is 0 Å². The van der Waals surface area contributed by atoms with E-state index >= 15 is 0 Å². The third-order valence-corrected chi connectivity index (χ3v) is 2.95. The number of nitrogens with one attached hydrogen (secondary N) is 1. The van der Waals surface area contributed by atoms with E-state index in [2.05, 4.69) is 5.32 Å². The Morgan fingerprint density at radius 1 is 1.14 bits per heavy atom. The van der Waals surface area contributed by atoms with Crippen LogP contribution in [0.1, 0.15) is 11.1 Å². The van der Waals surface area contributed by atoms with Gasteiger partial charge in [-0.15, -0.1) is 0 Å². The molecule has 4 heteroatoms. The predicted octanol–water partition coefficient (Wildman–Crippen LogP) is 2.84. The average Bonchev–Trinajstić information content (AvgIpc) is 2.54. The average molecular weight is 283 g/mol. The van der Waals surface area contributed by atoms with Crippen LogP contribution in [-0.2, 0) is 11.4 Å². The topological polar surface area (TPSA) is 58.6 Å². The van der Waals surface area contributed by atoms with Crippen molar-refractivity contribution in [2.75, 3.05) is 12.4 Å². The van der Waals surface area contributed by atoms with Crippen LogP contribution in [0.15, 0.2) is 54.6 Å². The van der Waals surface area contributed by atoms with Crippen molar-refractivity contribution in [3.8, 4) is 5.75 Å². The van der Waals surface area contributed by atoms with E-state index in [1.165, 1.54) is 6.08 Å². The molecule has 2 N–H and O–H groups in total. The smallest absolute Gasteiger partial charge is 0.248 e. The highest BCUT2D eigenvalue weighted by atomic mass is 16.5. The number of anilines is 1. The maximum atomic E-state index is 11.8. The van der Waals surface area contributed by atoms with Gasteiger partial charge in [0.2, 0.25) is 5.91 Å². The SMILES string of the molecule is COc1ccc(NC(=O)/C=C/c2ccc(CO)cc2)cc1. The summed E-state index contributed by atoms with van der Waals surface area (Å²) in [6.07, 6.45) is 3.19. The molecule has 2 rings (SSSR count). The normalized spacial score (nSPS) is 10.6. The van der Waals surface area contributed by atoms with Gasteiger partial charge in [0.05, 0.1) is 13.7 Å². The predicted molar refractivity (Wildman–Crippen MR) is 83.0 cm³/mol. The molecule has 0 fully saturated rings. The molecule has 0 aliphatic heterocycles. The van der Waals surface area contributed by atoms with Crippen LogP contribution in [0.25, 0.3) is 6.08 Å². The van der Waals surface area contributed by atoms with Crippen LogP contribution in [0, 0.1) is 0 Å². The van der Waals surface area contributed by atoms with Crippen molar-refractivity contribution in [1.29, 1.82) is 0 Å². The second kappa shape index (κ2) is 7.26. The lowest BCUT2D eigenvalue weighted by atomic mass is 10.1. The van der Waals surface area contributed by atoms with Crippen molar-refractivity contribution in [1.82, 2.24) is 0 Å². The number of hydrogen-bond donors (Lipinski definition) is 2. The van der Waals surface area contributed by atoms with Gasteiger partial charge in [-0.05, 0) is 41.5 Å². The summed E-state index contributed by atoms with van der Waals surface area (Å²) in [5.41, 5.74) is 2.45. The van der Waals surface area contributed by atoms with Gasteiger partial charge in [-0.3, -0.25) is 4.79 Å². The van der Waals surface area contributed by atoms with Crippen LogP contribution in [0.4, 0.5) is 5.69 Å². The summed E-state index contributed by atoms with van der Waals surface area (Å²) in [4.78, 5) is 11.8. The molecule has 21 heavy (non-hydrogen) atoms. The van der Waals surface area contributed by atoms with Crippen molar-refractivity contribution in [3.05, 3.63) is 65.7 Å². The van der Waals surface area contributed by atoms with Gasteiger partial charge < -0.3 is 15.2 Å². The molecule has 0 spiro atoms. The third-order valence-electron chi connectivity index (χ3n) is 2.95. The number of ether oxygens (including phenoxy) is 1. The number of rotatable bonds is 5.